The number of amides is 1. The fraction of sp³-hybridized carbons (Fsp3) is 0.688. The summed E-state index contributed by atoms with van der Waals surface area (Å²) in [5.41, 5.74) is 0.765. The minimum absolute atomic E-state index is 0.0242. The highest BCUT2D eigenvalue weighted by Crippen LogP contribution is 2.33. The highest BCUT2D eigenvalue weighted by Gasteiger charge is 2.46. The Hall–Kier alpha value is -0.910. The molecular weight excluding hydrogens is 284 g/mol. The van der Waals surface area contributed by atoms with Crippen molar-refractivity contribution in [1.29, 1.82) is 0 Å². The molecule has 0 aromatic carbocycles. The van der Waals surface area contributed by atoms with Gasteiger partial charge in [0.05, 0.1) is 5.54 Å². The zero-order valence-electron chi connectivity index (χ0n) is 13.2. The third-order valence-corrected chi connectivity index (χ3v) is 5.01. The number of unbranched alkanes of at least 4 members (excludes halogenated alkanes) is 2. The molecule has 2 atom stereocenters. The highest BCUT2D eigenvalue weighted by atomic mass is 32.1. The molecule has 1 N–H and O–H groups in total. The van der Waals surface area contributed by atoms with Crippen molar-refractivity contribution in [1.82, 2.24) is 10.2 Å². The van der Waals surface area contributed by atoms with Crippen LogP contribution in [0.3, 0.4) is 0 Å². The maximum atomic E-state index is 12.7. The summed E-state index contributed by atoms with van der Waals surface area (Å²) in [7, 11) is 1.73. The number of rotatable bonds is 8. The van der Waals surface area contributed by atoms with E-state index in [0.717, 1.165) is 38.8 Å². The number of hydrogen-bond donors (Lipinski definition) is 1. The van der Waals surface area contributed by atoms with E-state index in [1.54, 1.807) is 18.4 Å². The number of nitrogens with one attached hydrogen (secondary N) is 1. The van der Waals surface area contributed by atoms with Crippen LogP contribution in [0, 0.1) is 0 Å². The Morgan fingerprint density at radius 3 is 2.86 bits per heavy atom. The predicted octanol–water partition coefficient (Wildman–Crippen LogP) is 3.16. The number of methoxy groups -OCH3 is 1. The number of nitrogens with zero attached hydrogens (tertiary/aromatic N) is 1. The van der Waals surface area contributed by atoms with Gasteiger partial charge in [0, 0.05) is 20.3 Å². The van der Waals surface area contributed by atoms with Crippen LogP contribution < -0.4 is 5.32 Å². The lowest BCUT2D eigenvalue weighted by Crippen LogP contribution is -2.43. The van der Waals surface area contributed by atoms with E-state index < -0.39 is 5.54 Å². The van der Waals surface area contributed by atoms with E-state index in [1.807, 2.05) is 11.8 Å². The first kappa shape index (κ1) is 16.5. The molecule has 2 unspecified atom stereocenters. The standard InChI is InChI=1S/C16H26N2O2S/c1-4-16(2)15(19)18(9-6-5-7-10-20-3)14(17-16)13-8-11-21-12-13/h8,11-12,14,17H,4-7,9-10H2,1-3H3. The third kappa shape index (κ3) is 3.65. The van der Waals surface area contributed by atoms with Gasteiger partial charge < -0.3 is 9.64 Å². The molecule has 1 aromatic heterocycles. The summed E-state index contributed by atoms with van der Waals surface area (Å²) >= 11 is 1.68. The predicted molar refractivity (Wildman–Crippen MR) is 86.3 cm³/mol. The third-order valence-electron chi connectivity index (χ3n) is 4.31. The Balaban J connectivity index is 2.02. The molecule has 21 heavy (non-hydrogen) atoms. The average Bonchev–Trinajstić information content (AvgIpc) is 3.09. The van der Waals surface area contributed by atoms with E-state index >= 15 is 0 Å². The van der Waals surface area contributed by atoms with E-state index in [0.29, 0.717) is 0 Å². The summed E-state index contributed by atoms with van der Waals surface area (Å²) in [6.45, 7) is 5.69. The second-order valence-electron chi connectivity index (χ2n) is 5.84. The summed E-state index contributed by atoms with van der Waals surface area (Å²) in [4.78, 5) is 14.7. The van der Waals surface area contributed by atoms with Gasteiger partial charge in [-0.3, -0.25) is 10.1 Å². The summed E-state index contributed by atoms with van der Waals surface area (Å²) < 4.78 is 5.07. The Morgan fingerprint density at radius 2 is 2.24 bits per heavy atom. The van der Waals surface area contributed by atoms with Crippen molar-refractivity contribution in [2.24, 2.45) is 0 Å². The first-order chi connectivity index (χ1) is 10.1. The minimum atomic E-state index is -0.431. The molecule has 118 valence electrons. The fourth-order valence-electron chi connectivity index (χ4n) is 2.76. The largest absolute Gasteiger partial charge is 0.385 e. The van der Waals surface area contributed by atoms with Gasteiger partial charge in [0.2, 0.25) is 5.91 Å². The first-order valence-electron chi connectivity index (χ1n) is 7.72. The van der Waals surface area contributed by atoms with Crippen LogP contribution in [0.1, 0.15) is 51.3 Å². The van der Waals surface area contributed by atoms with Gasteiger partial charge in [-0.05, 0) is 55.0 Å². The van der Waals surface area contributed by atoms with E-state index in [-0.39, 0.29) is 12.1 Å². The molecular formula is C16H26N2O2S. The van der Waals surface area contributed by atoms with Gasteiger partial charge in [0.1, 0.15) is 6.17 Å². The molecule has 1 fully saturated rings. The number of thiophene rings is 1. The van der Waals surface area contributed by atoms with Gasteiger partial charge in [-0.2, -0.15) is 11.3 Å². The van der Waals surface area contributed by atoms with Crippen LogP contribution in [-0.4, -0.2) is 36.6 Å². The molecule has 0 radical (unpaired) electrons. The summed E-state index contributed by atoms with van der Waals surface area (Å²) in [5.74, 6) is 0.230. The van der Waals surface area contributed by atoms with E-state index in [4.69, 9.17) is 4.74 Å². The maximum absolute atomic E-state index is 12.7. The summed E-state index contributed by atoms with van der Waals surface area (Å²) in [6.07, 6.45) is 4.01. The molecule has 0 spiro atoms. The van der Waals surface area contributed by atoms with Crippen LogP contribution in [-0.2, 0) is 9.53 Å². The van der Waals surface area contributed by atoms with Crippen molar-refractivity contribution in [3.05, 3.63) is 22.4 Å². The average molecular weight is 310 g/mol. The van der Waals surface area contributed by atoms with Gasteiger partial charge in [0.25, 0.3) is 0 Å². The Labute approximate surface area is 131 Å². The maximum Gasteiger partial charge on any atom is 0.244 e. The van der Waals surface area contributed by atoms with Gasteiger partial charge in [0.15, 0.2) is 0 Å². The normalized spacial score (nSPS) is 25.8. The lowest BCUT2D eigenvalue weighted by Gasteiger charge is -2.23. The highest BCUT2D eigenvalue weighted by molar-refractivity contribution is 7.07. The van der Waals surface area contributed by atoms with Crippen LogP contribution in [0.2, 0.25) is 0 Å². The van der Waals surface area contributed by atoms with Crippen LogP contribution in [0.15, 0.2) is 16.8 Å². The second kappa shape index (κ2) is 7.38. The van der Waals surface area contributed by atoms with Crippen molar-refractivity contribution in [3.63, 3.8) is 0 Å². The Kier molecular flexibility index (Phi) is 5.79. The zero-order valence-corrected chi connectivity index (χ0v) is 14.0. The van der Waals surface area contributed by atoms with Crippen LogP contribution in [0.25, 0.3) is 0 Å². The Bertz CT molecular complexity index is 449. The fourth-order valence-corrected chi connectivity index (χ4v) is 3.44. The van der Waals surface area contributed by atoms with Gasteiger partial charge in [-0.15, -0.1) is 0 Å². The molecule has 4 nitrogen and oxygen atoms in total. The lowest BCUT2D eigenvalue weighted by molar-refractivity contribution is -0.133. The molecule has 0 aliphatic carbocycles. The lowest BCUT2D eigenvalue weighted by atomic mass is 9.99. The molecule has 5 heteroatoms. The van der Waals surface area contributed by atoms with Crippen LogP contribution >= 0.6 is 11.3 Å². The quantitative estimate of drug-likeness (QED) is 0.750. The van der Waals surface area contributed by atoms with Crippen LogP contribution in [0.4, 0.5) is 0 Å². The monoisotopic (exact) mass is 310 g/mol. The molecule has 1 saturated heterocycles. The molecule has 1 aliphatic heterocycles. The van der Waals surface area contributed by atoms with Gasteiger partial charge >= 0.3 is 0 Å². The smallest absolute Gasteiger partial charge is 0.244 e. The zero-order chi connectivity index (χ0) is 15.3. The number of carbonyl (C=O) groups is 1. The summed E-state index contributed by atoms with van der Waals surface area (Å²) in [5, 5.41) is 7.73. The number of carbonyl (C=O) groups excluding carboxylic acids is 1. The number of ether oxygens (including phenoxy) is 1. The van der Waals surface area contributed by atoms with Crippen molar-refractivity contribution in [3.8, 4) is 0 Å². The molecule has 1 aliphatic rings. The molecule has 2 heterocycles. The summed E-state index contributed by atoms with van der Waals surface area (Å²) in [6, 6.07) is 2.11. The SMILES string of the molecule is CCC1(C)NC(c2ccsc2)N(CCCCCOC)C1=O. The first-order valence-corrected chi connectivity index (χ1v) is 8.66. The Morgan fingerprint density at radius 1 is 1.43 bits per heavy atom. The second-order valence-corrected chi connectivity index (χ2v) is 6.62. The van der Waals surface area contributed by atoms with Crippen molar-refractivity contribution < 1.29 is 9.53 Å². The van der Waals surface area contributed by atoms with Crippen molar-refractivity contribution >= 4 is 17.2 Å². The van der Waals surface area contributed by atoms with Crippen LogP contribution in [0.5, 0.6) is 0 Å². The van der Waals surface area contributed by atoms with Gasteiger partial charge in [-0.1, -0.05) is 6.92 Å². The molecule has 1 aromatic rings. The minimum Gasteiger partial charge on any atom is -0.385 e. The van der Waals surface area contributed by atoms with Crippen molar-refractivity contribution in [2.45, 2.75) is 51.2 Å². The number of hydrogen-bond acceptors (Lipinski definition) is 4. The molecule has 2 rings (SSSR count). The van der Waals surface area contributed by atoms with E-state index in [9.17, 15) is 4.79 Å². The molecule has 0 bridgehead atoms. The molecule has 1 amide bonds. The van der Waals surface area contributed by atoms with E-state index in [2.05, 4.69) is 29.1 Å². The van der Waals surface area contributed by atoms with Crippen molar-refractivity contribution in [2.75, 3.05) is 20.3 Å². The topological polar surface area (TPSA) is 41.6 Å². The van der Waals surface area contributed by atoms with Gasteiger partial charge in [-0.25, -0.2) is 0 Å². The van der Waals surface area contributed by atoms with E-state index in [1.165, 1.54) is 5.56 Å². The molecule has 0 saturated carbocycles.